The van der Waals surface area contributed by atoms with Gasteiger partial charge in [-0.3, -0.25) is 4.79 Å². The highest BCUT2D eigenvalue weighted by Crippen LogP contribution is 2.31. The van der Waals surface area contributed by atoms with Crippen molar-refractivity contribution < 1.29 is 9.53 Å². The molecule has 0 unspecified atom stereocenters. The number of para-hydroxylation sites is 1. The monoisotopic (exact) mass is 344 g/mol. The molecule has 1 amide bonds. The van der Waals surface area contributed by atoms with Gasteiger partial charge in [-0.2, -0.15) is 0 Å². The Morgan fingerprint density at radius 1 is 1.21 bits per heavy atom. The van der Waals surface area contributed by atoms with Crippen molar-refractivity contribution in [2.24, 2.45) is 5.92 Å². The molecule has 7 heteroatoms. The van der Waals surface area contributed by atoms with Crippen molar-refractivity contribution in [3.05, 3.63) is 35.3 Å². The number of rotatable bonds is 2. The maximum atomic E-state index is 13.0. The normalized spacial score (nSPS) is 24.6. The second-order valence-electron chi connectivity index (χ2n) is 6.18. The molecule has 2 aromatic rings. The van der Waals surface area contributed by atoms with Gasteiger partial charge in [0.25, 0.3) is 0 Å². The minimum Gasteiger partial charge on any atom is -0.374 e. The molecule has 0 spiro atoms. The molecule has 1 aromatic heterocycles. The summed E-state index contributed by atoms with van der Waals surface area (Å²) in [7, 11) is 0. The van der Waals surface area contributed by atoms with Gasteiger partial charge in [0.1, 0.15) is 5.01 Å². The highest BCUT2D eigenvalue weighted by Gasteiger charge is 2.40. The van der Waals surface area contributed by atoms with E-state index < -0.39 is 0 Å². The van der Waals surface area contributed by atoms with E-state index in [9.17, 15) is 4.79 Å². The Morgan fingerprint density at radius 2 is 2.04 bits per heavy atom. The molecule has 6 nitrogen and oxygen atoms in total. The third-order valence-corrected chi connectivity index (χ3v) is 5.54. The van der Waals surface area contributed by atoms with Crippen LogP contribution in [0.2, 0.25) is 0 Å². The van der Waals surface area contributed by atoms with E-state index in [0.29, 0.717) is 19.7 Å². The number of anilines is 2. The number of aryl methyl sites for hydroxylation is 1. The van der Waals surface area contributed by atoms with E-state index in [0.717, 1.165) is 28.8 Å². The lowest BCUT2D eigenvalue weighted by molar-refractivity contribution is -0.125. The fourth-order valence-corrected chi connectivity index (χ4v) is 4.15. The van der Waals surface area contributed by atoms with Crippen molar-refractivity contribution in [2.45, 2.75) is 19.4 Å². The Hall–Kier alpha value is -1.99. The highest BCUT2D eigenvalue weighted by atomic mass is 32.1. The number of amides is 1. The third kappa shape index (κ3) is 2.89. The number of hydrogen-bond donors (Lipinski definition) is 0. The summed E-state index contributed by atoms with van der Waals surface area (Å²) in [5, 5.41) is 10.2. The molecule has 2 fully saturated rings. The second-order valence-corrected chi connectivity index (χ2v) is 7.34. The van der Waals surface area contributed by atoms with E-state index >= 15 is 0 Å². The van der Waals surface area contributed by atoms with Crippen LogP contribution in [0, 0.1) is 12.8 Å². The number of hydrogen-bond acceptors (Lipinski definition) is 6. The van der Waals surface area contributed by atoms with Gasteiger partial charge >= 0.3 is 0 Å². The Balaban J connectivity index is 1.52. The second kappa shape index (κ2) is 6.49. The van der Waals surface area contributed by atoms with Crippen LogP contribution in [-0.4, -0.2) is 48.4 Å². The molecule has 0 N–H and O–H groups in total. The predicted molar refractivity (Wildman–Crippen MR) is 93.5 cm³/mol. The minimum atomic E-state index is -0.0852. The molecule has 2 aliphatic rings. The van der Waals surface area contributed by atoms with Crippen LogP contribution in [-0.2, 0) is 9.53 Å². The number of ether oxygens (including phenoxy) is 1. The number of aromatic nitrogens is 2. The molecule has 0 bridgehead atoms. The molecule has 0 radical (unpaired) electrons. The maximum absolute atomic E-state index is 13.0. The summed E-state index contributed by atoms with van der Waals surface area (Å²) in [4.78, 5) is 17.1. The number of benzene rings is 1. The van der Waals surface area contributed by atoms with Crippen LogP contribution in [0.15, 0.2) is 30.3 Å². The first-order chi connectivity index (χ1) is 11.7. The van der Waals surface area contributed by atoms with Crippen molar-refractivity contribution in [3.8, 4) is 0 Å². The van der Waals surface area contributed by atoms with Gasteiger partial charge < -0.3 is 14.5 Å². The molecule has 24 heavy (non-hydrogen) atoms. The Morgan fingerprint density at radius 3 is 2.79 bits per heavy atom. The molecule has 0 aliphatic carbocycles. The average molecular weight is 344 g/mol. The van der Waals surface area contributed by atoms with Gasteiger partial charge in [0, 0.05) is 25.3 Å². The zero-order valence-corrected chi connectivity index (χ0v) is 14.4. The highest BCUT2D eigenvalue weighted by molar-refractivity contribution is 7.15. The summed E-state index contributed by atoms with van der Waals surface area (Å²) in [6.45, 7) is 4.64. The molecule has 2 saturated heterocycles. The van der Waals surface area contributed by atoms with Crippen molar-refractivity contribution in [1.29, 1.82) is 0 Å². The van der Waals surface area contributed by atoms with E-state index in [1.54, 1.807) is 11.3 Å². The fourth-order valence-electron chi connectivity index (χ4n) is 3.43. The van der Waals surface area contributed by atoms with Gasteiger partial charge in [-0.15, -0.1) is 10.2 Å². The van der Waals surface area contributed by atoms with Crippen LogP contribution in [0.1, 0.15) is 11.4 Å². The number of piperidine rings is 1. The third-order valence-electron chi connectivity index (χ3n) is 4.64. The first-order valence-corrected chi connectivity index (χ1v) is 9.07. The Bertz CT molecular complexity index is 720. The summed E-state index contributed by atoms with van der Waals surface area (Å²) < 4.78 is 6.04. The van der Waals surface area contributed by atoms with Crippen molar-refractivity contribution in [1.82, 2.24) is 10.2 Å². The molecule has 2 atom stereocenters. The van der Waals surface area contributed by atoms with Crippen LogP contribution in [0.3, 0.4) is 0 Å². The van der Waals surface area contributed by atoms with Crippen LogP contribution >= 0.6 is 11.3 Å². The maximum Gasteiger partial charge on any atom is 0.232 e. The molecule has 1 aromatic carbocycles. The lowest BCUT2D eigenvalue weighted by Gasteiger charge is -2.36. The van der Waals surface area contributed by atoms with Crippen LogP contribution < -0.4 is 9.80 Å². The summed E-state index contributed by atoms with van der Waals surface area (Å²) in [5.41, 5.74) is 0.953. The number of carbonyl (C=O) groups is 1. The number of nitrogens with zero attached hydrogens (tertiary/aromatic N) is 4. The van der Waals surface area contributed by atoms with Crippen molar-refractivity contribution in [2.75, 3.05) is 36.0 Å². The van der Waals surface area contributed by atoms with Gasteiger partial charge in [0.05, 0.1) is 18.6 Å². The van der Waals surface area contributed by atoms with Crippen molar-refractivity contribution in [3.63, 3.8) is 0 Å². The van der Waals surface area contributed by atoms with E-state index in [4.69, 9.17) is 4.74 Å². The first kappa shape index (κ1) is 15.5. The lowest BCUT2D eigenvalue weighted by atomic mass is 9.92. The summed E-state index contributed by atoms with van der Waals surface area (Å²) in [6, 6.07) is 9.86. The largest absolute Gasteiger partial charge is 0.374 e. The quantitative estimate of drug-likeness (QED) is 0.835. The number of fused-ring (bicyclic) bond motifs is 1. The van der Waals surface area contributed by atoms with Gasteiger partial charge in [-0.25, -0.2) is 0 Å². The molecule has 126 valence electrons. The Kier molecular flexibility index (Phi) is 4.20. The first-order valence-electron chi connectivity index (χ1n) is 8.25. The van der Waals surface area contributed by atoms with Gasteiger partial charge in [0.2, 0.25) is 11.0 Å². The standard InChI is InChI=1S/C17H20N4O2S/c1-12-18-19-17(24-12)20-8-7-14-15(11-20)23-10-9-21(16(14)22)13-5-3-2-4-6-13/h2-6,14-15H,7-11H2,1H3/t14-,15+/m1/s1. The summed E-state index contributed by atoms with van der Waals surface area (Å²) >= 11 is 1.59. The van der Waals surface area contributed by atoms with Crippen LogP contribution in [0.25, 0.3) is 0 Å². The topological polar surface area (TPSA) is 58.6 Å². The van der Waals surface area contributed by atoms with Crippen LogP contribution in [0.4, 0.5) is 10.8 Å². The SMILES string of the molecule is Cc1nnc(N2CC[C@H]3C(=O)N(c4ccccc4)CCO[C@H]3C2)s1. The molecular weight excluding hydrogens is 324 g/mol. The summed E-state index contributed by atoms with van der Waals surface area (Å²) in [6.07, 6.45) is 0.704. The molecule has 2 aliphatic heterocycles. The smallest absolute Gasteiger partial charge is 0.232 e. The van der Waals surface area contributed by atoms with Gasteiger partial charge in [0.15, 0.2) is 0 Å². The predicted octanol–water partition coefficient (Wildman–Crippen LogP) is 2.10. The van der Waals surface area contributed by atoms with E-state index in [2.05, 4.69) is 15.1 Å². The Labute approximate surface area is 145 Å². The average Bonchev–Trinajstić information content (AvgIpc) is 2.98. The molecule has 3 heterocycles. The van der Waals surface area contributed by atoms with Crippen molar-refractivity contribution >= 4 is 28.1 Å². The zero-order valence-electron chi connectivity index (χ0n) is 13.6. The van der Waals surface area contributed by atoms with Gasteiger partial charge in [-0.05, 0) is 25.5 Å². The minimum absolute atomic E-state index is 0.0795. The van der Waals surface area contributed by atoms with E-state index in [1.165, 1.54) is 0 Å². The number of carbonyl (C=O) groups excluding carboxylic acids is 1. The zero-order chi connectivity index (χ0) is 16.5. The molecular formula is C17H20N4O2S. The fraction of sp³-hybridized carbons (Fsp3) is 0.471. The van der Waals surface area contributed by atoms with Crippen LogP contribution in [0.5, 0.6) is 0 Å². The van der Waals surface area contributed by atoms with E-state index in [-0.39, 0.29) is 17.9 Å². The summed E-state index contributed by atoms with van der Waals surface area (Å²) in [5.74, 6) is 0.0924. The van der Waals surface area contributed by atoms with Gasteiger partial charge in [-0.1, -0.05) is 29.5 Å². The molecule has 4 rings (SSSR count). The lowest BCUT2D eigenvalue weighted by Crippen LogP contribution is -2.49. The van der Waals surface area contributed by atoms with E-state index in [1.807, 2.05) is 42.2 Å². The molecule has 0 saturated carbocycles.